The van der Waals surface area contributed by atoms with Crippen molar-refractivity contribution in [3.63, 3.8) is 0 Å². The van der Waals surface area contributed by atoms with Crippen LogP contribution in [0, 0.1) is 0 Å². The molecule has 1 atom stereocenters. The van der Waals surface area contributed by atoms with Crippen LogP contribution in [0.1, 0.15) is 54.6 Å². The largest absolute Gasteiger partial charge is 0.496 e. The van der Waals surface area contributed by atoms with E-state index in [1.54, 1.807) is 25.5 Å². The van der Waals surface area contributed by atoms with E-state index in [0.29, 0.717) is 11.5 Å². The summed E-state index contributed by atoms with van der Waals surface area (Å²) >= 11 is 3.37. The molecular formula is C22H26BrN3O2. The Morgan fingerprint density at radius 2 is 2.11 bits per heavy atom. The lowest BCUT2D eigenvalue weighted by atomic mass is 9.80. The molecule has 0 saturated heterocycles. The van der Waals surface area contributed by atoms with Gasteiger partial charge in [0.05, 0.1) is 13.3 Å². The number of methoxy groups -OCH3 is 1. The fourth-order valence-corrected chi connectivity index (χ4v) is 4.14. The minimum absolute atomic E-state index is 0.0883. The fourth-order valence-electron chi connectivity index (χ4n) is 3.74. The minimum atomic E-state index is -0.260. The lowest BCUT2D eigenvalue weighted by molar-refractivity contribution is 0.0955. The number of fused-ring (bicyclic) bond motifs is 1. The molecule has 6 heteroatoms. The molecule has 148 valence electrons. The molecule has 0 fully saturated rings. The topological polar surface area (TPSA) is 53.9 Å². The van der Waals surface area contributed by atoms with Crippen LogP contribution in [0.15, 0.2) is 46.0 Å². The van der Waals surface area contributed by atoms with Crippen LogP contribution in [0.2, 0.25) is 0 Å². The smallest absolute Gasteiger partial charge is 0.271 e. The van der Waals surface area contributed by atoms with Gasteiger partial charge in [0, 0.05) is 39.9 Å². The van der Waals surface area contributed by atoms with Gasteiger partial charge in [0.15, 0.2) is 0 Å². The maximum Gasteiger partial charge on any atom is 0.271 e. The zero-order valence-corrected chi connectivity index (χ0v) is 18.5. The van der Waals surface area contributed by atoms with Gasteiger partial charge < -0.3 is 9.64 Å². The lowest BCUT2D eigenvalue weighted by Gasteiger charge is -2.45. The van der Waals surface area contributed by atoms with Crippen molar-refractivity contribution < 1.29 is 9.53 Å². The fraction of sp³-hybridized carbons (Fsp3) is 0.364. The van der Waals surface area contributed by atoms with E-state index in [0.717, 1.165) is 22.2 Å². The van der Waals surface area contributed by atoms with Crippen LogP contribution in [0.5, 0.6) is 5.75 Å². The molecule has 2 aromatic carbocycles. The zero-order valence-electron chi connectivity index (χ0n) is 16.9. The van der Waals surface area contributed by atoms with Crippen LogP contribution in [-0.4, -0.2) is 31.8 Å². The number of carbonyl (C=O) groups excluding carboxylic acids is 1. The third-order valence-corrected chi connectivity index (χ3v) is 5.93. The highest BCUT2D eigenvalue weighted by Crippen LogP contribution is 2.44. The number of anilines is 1. The standard InChI is InChI=1S/C22H26BrN3O2/c1-14-12-22(2,3)26(4)19-11-20(28-5)16(10-18(14)19)13-24-25-21(27)15-7-6-8-17(23)9-15/h6-11,13-14H,12H2,1-5H3,(H,25,27)/b24-13-. The van der Waals surface area contributed by atoms with Crippen LogP contribution in [0.4, 0.5) is 5.69 Å². The summed E-state index contributed by atoms with van der Waals surface area (Å²) in [4.78, 5) is 14.6. The molecular weight excluding hydrogens is 418 g/mol. The first-order chi connectivity index (χ1) is 13.2. The molecule has 28 heavy (non-hydrogen) atoms. The van der Waals surface area contributed by atoms with E-state index in [1.807, 2.05) is 12.1 Å². The van der Waals surface area contributed by atoms with Gasteiger partial charge in [-0.1, -0.05) is 28.9 Å². The number of rotatable bonds is 4. The van der Waals surface area contributed by atoms with E-state index in [1.165, 1.54) is 11.3 Å². The Balaban J connectivity index is 1.85. The number of benzene rings is 2. The van der Waals surface area contributed by atoms with E-state index in [2.05, 4.69) is 71.3 Å². The molecule has 1 amide bonds. The molecule has 2 aromatic rings. The summed E-state index contributed by atoms with van der Waals surface area (Å²) in [6, 6.07) is 11.4. The van der Waals surface area contributed by atoms with Crippen molar-refractivity contribution in [1.29, 1.82) is 0 Å². The first-order valence-corrected chi connectivity index (χ1v) is 10.1. The van der Waals surface area contributed by atoms with Gasteiger partial charge in [-0.2, -0.15) is 5.10 Å². The second-order valence-corrected chi connectivity index (χ2v) is 8.75. The van der Waals surface area contributed by atoms with Gasteiger partial charge >= 0.3 is 0 Å². The van der Waals surface area contributed by atoms with Crippen molar-refractivity contribution in [1.82, 2.24) is 5.43 Å². The van der Waals surface area contributed by atoms with Crippen molar-refractivity contribution >= 4 is 33.7 Å². The monoisotopic (exact) mass is 443 g/mol. The van der Waals surface area contributed by atoms with Crippen LogP contribution < -0.4 is 15.1 Å². The van der Waals surface area contributed by atoms with Gasteiger partial charge in [0.25, 0.3) is 5.91 Å². The Morgan fingerprint density at radius 3 is 2.79 bits per heavy atom. The molecule has 0 bridgehead atoms. The SMILES string of the molecule is COc1cc2c(cc1/C=N\NC(=O)c1cccc(Br)c1)C(C)CC(C)(C)N2C. The normalized spacial score (nSPS) is 18.1. The number of hydrogen-bond donors (Lipinski definition) is 1. The van der Waals surface area contributed by atoms with Crippen molar-refractivity contribution in [2.45, 2.75) is 38.6 Å². The quantitative estimate of drug-likeness (QED) is 0.537. The second-order valence-electron chi connectivity index (χ2n) is 7.84. The van der Waals surface area contributed by atoms with Gasteiger partial charge in [-0.25, -0.2) is 5.43 Å². The van der Waals surface area contributed by atoms with E-state index in [4.69, 9.17) is 4.74 Å². The van der Waals surface area contributed by atoms with Crippen LogP contribution >= 0.6 is 15.9 Å². The number of nitrogens with zero attached hydrogens (tertiary/aromatic N) is 2. The summed E-state index contributed by atoms with van der Waals surface area (Å²) in [6.07, 6.45) is 2.71. The van der Waals surface area contributed by atoms with E-state index in [9.17, 15) is 4.79 Å². The maximum absolute atomic E-state index is 12.3. The molecule has 5 nitrogen and oxygen atoms in total. The van der Waals surface area contributed by atoms with E-state index < -0.39 is 0 Å². The Morgan fingerprint density at radius 1 is 1.36 bits per heavy atom. The molecule has 0 radical (unpaired) electrons. The number of carbonyl (C=O) groups is 1. The van der Waals surface area contributed by atoms with Gasteiger partial charge in [0.2, 0.25) is 0 Å². The van der Waals surface area contributed by atoms with Crippen LogP contribution in [-0.2, 0) is 0 Å². The summed E-state index contributed by atoms with van der Waals surface area (Å²) < 4.78 is 6.43. The molecule has 0 saturated carbocycles. The van der Waals surface area contributed by atoms with Crippen molar-refractivity contribution in [3.05, 3.63) is 57.6 Å². The molecule has 3 rings (SSSR count). The zero-order chi connectivity index (χ0) is 20.5. The highest BCUT2D eigenvalue weighted by Gasteiger charge is 2.34. The van der Waals surface area contributed by atoms with Crippen LogP contribution in [0.25, 0.3) is 0 Å². The van der Waals surface area contributed by atoms with Crippen molar-refractivity contribution in [2.75, 3.05) is 19.1 Å². The Bertz CT molecular complexity index is 924. The molecule has 1 unspecified atom stereocenters. The van der Waals surface area contributed by atoms with Gasteiger partial charge in [0.1, 0.15) is 5.75 Å². The van der Waals surface area contributed by atoms with Gasteiger partial charge in [-0.3, -0.25) is 4.79 Å². The molecule has 1 heterocycles. The second kappa shape index (κ2) is 7.95. The number of hydrogen-bond acceptors (Lipinski definition) is 4. The highest BCUT2D eigenvalue weighted by molar-refractivity contribution is 9.10. The average Bonchev–Trinajstić information content (AvgIpc) is 2.65. The third kappa shape index (κ3) is 4.07. The predicted octanol–water partition coefficient (Wildman–Crippen LogP) is 4.94. The minimum Gasteiger partial charge on any atom is -0.496 e. The van der Waals surface area contributed by atoms with Crippen molar-refractivity contribution in [3.8, 4) is 5.75 Å². The Kier molecular flexibility index (Phi) is 5.79. The Labute approximate surface area is 174 Å². The summed E-state index contributed by atoms with van der Waals surface area (Å²) in [5, 5.41) is 4.14. The van der Waals surface area contributed by atoms with Crippen LogP contribution in [0.3, 0.4) is 0 Å². The average molecular weight is 444 g/mol. The number of ether oxygens (including phenoxy) is 1. The molecule has 0 aliphatic carbocycles. The first-order valence-electron chi connectivity index (χ1n) is 9.27. The molecule has 0 spiro atoms. The molecule has 1 aliphatic rings. The summed E-state index contributed by atoms with van der Waals surface area (Å²) in [5.74, 6) is 0.899. The first kappa shape index (κ1) is 20.4. The molecule has 1 N–H and O–H groups in total. The maximum atomic E-state index is 12.3. The Hall–Kier alpha value is -2.34. The summed E-state index contributed by atoms with van der Waals surface area (Å²) in [6.45, 7) is 6.76. The lowest BCUT2D eigenvalue weighted by Crippen LogP contribution is -2.45. The van der Waals surface area contributed by atoms with Gasteiger partial charge in [-0.15, -0.1) is 0 Å². The predicted molar refractivity (Wildman–Crippen MR) is 118 cm³/mol. The number of nitrogens with one attached hydrogen (secondary N) is 1. The molecule has 1 aliphatic heterocycles. The van der Waals surface area contributed by atoms with E-state index in [-0.39, 0.29) is 11.4 Å². The van der Waals surface area contributed by atoms with Gasteiger partial charge in [-0.05, 0) is 56.0 Å². The summed E-state index contributed by atoms with van der Waals surface area (Å²) in [7, 11) is 3.77. The van der Waals surface area contributed by atoms with Crippen molar-refractivity contribution in [2.24, 2.45) is 5.10 Å². The molecule has 0 aromatic heterocycles. The highest BCUT2D eigenvalue weighted by atomic mass is 79.9. The third-order valence-electron chi connectivity index (χ3n) is 5.44. The number of amides is 1. The number of halogens is 1. The number of hydrazone groups is 1. The van der Waals surface area contributed by atoms with E-state index >= 15 is 0 Å². The summed E-state index contributed by atoms with van der Waals surface area (Å²) in [5.41, 5.74) is 6.50.